The third-order valence-electron chi connectivity index (χ3n) is 4.77. The number of nitro groups is 1. The van der Waals surface area contributed by atoms with Gasteiger partial charge in [-0.15, -0.1) is 17.9 Å². The van der Waals surface area contributed by atoms with Gasteiger partial charge in [0.1, 0.15) is 4.83 Å². The van der Waals surface area contributed by atoms with Gasteiger partial charge in [-0.3, -0.25) is 24.3 Å². The molecule has 0 radical (unpaired) electrons. The normalized spacial score (nSPS) is 10.9. The van der Waals surface area contributed by atoms with Crippen LogP contribution in [0.3, 0.4) is 0 Å². The highest BCUT2D eigenvalue weighted by atomic mass is 32.2. The molecule has 0 amide bonds. The average molecular weight is 464 g/mol. The van der Waals surface area contributed by atoms with E-state index < -0.39 is 4.92 Å². The maximum Gasteiger partial charge on any atom is 0.270 e. The van der Waals surface area contributed by atoms with Gasteiger partial charge in [0.2, 0.25) is 0 Å². The quantitative estimate of drug-likeness (QED) is 0.0891. The molecule has 0 bridgehead atoms. The van der Waals surface area contributed by atoms with E-state index in [1.807, 2.05) is 35.7 Å². The molecular formula is C23H17N3O4S2. The maximum atomic E-state index is 13.3. The molecule has 0 atom stereocenters. The summed E-state index contributed by atoms with van der Waals surface area (Å²) in [4.78, 5) is 41.6. The summed E-state index contributed by atoms with van der Waals surface area (Å²) in [5, 5.41) is 13.8. The molecular weight excluding hydrogens is 446 g/mol. The lowest BCUT2D eigenvalue weighted by Gasteiger charge is -2.10. The van der Waals surface area contributed by atoms with E-state index in [1.54, 1.807) is 6.08 Å². The molecule has 2 aromatic carbocycles. The van der Waals surface area contributed by atoms with Gasteiger partial charge in [0.05, 0.1) is 16.1 Å². The molecule has 2 heterocycles. The Morgan fingerprint density at radius 2 is 2.00 bits per heavy atom. The van der Waals surface area contributed by atoms with Crippen LogP contribution in [0, 0.1) is 10.1 Å². The van der Waals surface area contributed by atoms with Gasteiger partial charge >= 0.3 is 0 Å². The summed E-state index contributed by atoms with van der Waals surface area (Å²) in [5.74, 6) is -0.290. The largest absolute Gasteiger partial charge is 0.293 e. The smallest absolute Gasteiger partial charge is 0.270 e. The molecule has 0 fully saturated rings. The van der Waals surface area contributed by atoms with E-state index in [1.165, 1.54) is 40.2 Å². The molecule has 0 aliphatic rings. The Bertz CT molecular complexity index is 1390. The van der Waals surface area contributed by atoms with E-state index >= 15 is 0 Å². The summed E-state index contributed by atoms with van der Waals surface area (Å²) in [6.07, 6.45) is 1.61. The summed E-state index contributed by atoms with van der Waals surface area (Å²) in [7, 11) is 0. The van der Waals surface area contributed by atoms with Gasteiger partial charge in [-0.05, 0) is 5.56 Å². The Morgan fingerprint density at radius 3 is 2.72 bits per heavy atom. The third-order valence-corrected chi connectivity index (χ3v) is 6.62. The van der Waals surface area contributed by atoms with Gasteiger partial charge < -0.3 is 0 Å². The number of thiophene rings is 1. The molecule has 0 spiro atoms. The first-order valence-electron chi connectivity index (χ1n) is 9.58. The van der Waals surface area contributed by atoms with Crippen molar-refractivity contribution < 1.29 is 9.72 Å². The number of Topliss-reactive ketones (excluding diaryl/α,β-unsaturated/α-hetero) is 1. The van der Waals surface area contributed by atoms with Crippen LogP contribution in [-0.4, -0.2) is 26.0 Å². The Labute approximate surface area is 191 Å². The van der Waals surface area contributed by atoms with Gasteiger partial charge in [0.25, 0.3) is 11.2 Å². The van der Waals surface area contributed by atoms with Crippen molar-refractivity contribution in [3.05, 3.63) is 98.7 Å². The van der Waals surface area contributed by atoms with Crippen LogP contribution in [0.2, 0.25) is 0 Å². The molecule has 7 nitrogen and oxygen atoms in total. The number of hydrogen-bond acceptors (Lipinski definition) is 7. The summed E-state index contributed by atoms with van der Waals surface area (Å²) in [6.45, 7) is 3.98. The minimum atomic E-state index is -0.539. The fraction of sp³-hybridized carbons (Fsp3) is 0.0870. The lowest BCUT2D eigenvalue weighted by molar-refractivity contribution is -0.384. The number of nitrogens with zero attached hydrogens (tertiary/aromatic N) is 3. The van der Waals surface area contributed by atoms with E-state index in [4.69, 9.17) is 0 Å². The highest BCUT2D eigenvalue weighted by molar-refractivity contribution is 7.99. The number of fused-ring (bicyclic) bond motifs is 1. The Hall–Kier alpha value is -3.56. The number of thioether (sulfide) groups is 1. The van der Waals surface area contributed by atoms with Crippen molar-refractivity contribution in [1.29, 1.82) is 0 Å². The van der Waals surface area contributed by atoms with Gasteiger partial charge in [-0.25, -0.2) is 4.98 Å². The minimum Gasteiger partial charge on any atom is -0.293 e. The van der Waals surface area contributed by atoms with Crippen molar-refractivity contribution >= 4 is 44.8 Å². The molecule has 4 aromatic rings. The number of ketones is 1. The summed E-state index contributed by atoms with van der Waals surface area (Å²) < 4.78 is 1.50. The zero-order valence-corrected chi connectivity index (χ0v) is 18.4. The SMILES string of the molecule is C=CCn1c(SCC(=O)c2cccc([N+](=O)[O-])c2)nc2scc(-c3ccccc3)c2c1=O. The number of allylic oxidation sites excluding steroid dienone is 1. The number of benzene rings is 2. The first kappa shape index (κ1) is 21.7. The maximum absolute atomic E-state index is 13.3. The first-order valence-corrected chi connectivity index (χ1v) is 11.4. The minimum absolute atomic E-state index is 0.00677. The first-order chi connectivity index (χ1) is 15.5. The fourth-order valence-electron chi connectivity index (χ4n) is 3.24. The molecule has 0 aliphatic carbocycles. The van der Waals surface area contributed by atoms with Gasteiger partial charge in [-0.2, -0.15) is 0 Å². The summed E-state index contributed by atoms with van der Waals surface area (Å²) in [5.41, 5.74) is 1.67. The van der Waals surface area contributed by atoms with E-state index in [9.17, 15) is 19.7 Å². The van der Waals surface area contributed by atoms with Crippen LogP contribution in [0.5, 0.6) is 0 Å². The number of non-ortho nitro benzene ring substituents is 1. The van der Waals surface area contributed by atoms with Gasteiger partial charge in [0, 0.05) is 35.2 Å². The molecule has 4 rings (SSSR count). The van der Waals surface area contributed by atoms with Crippen LogP contribution >= 0.6 is 23.1 Å². The van der Waals surface area contributed by atoms with E-state index in [0.717, 1.165) is 22.9 Å². The molecule has 0 unspecified atom stereocenters. The number of hydrogen-bond donors (Lipinski definition) is 0. The Balaban J connectivity index is 1.68. The third kappa shape index (κ3) is 4.25. The standard InChI is InChI=1S/C23H17N3O4S2/c1-2-11-25-22(28)20-18(15-7-4-3-5-8-15)13-31-21(20)24-23(25)32-14-19(27)16-9-6-10-17(12-16)26(29)30/h2-10,12-13H,1,11,14H2. The van der Waals surface area contributed by atoms with Crippen LogP contribution in [0.1, 0.15) is 10.4 Å². The zero-order chi connectivity index (χ0) is 22.7. The fourth-order valence-corrected chi connectivity index (χ4v) is 5.13. The molecule has 32 heavy (non-hydrogen) atoms. The van der Waals surface area contributed by atoms with Crippen molar-refractivity contribution in [2.24, 2.45) is 0 Å². The van der Waals surface area contributed by atoms with E-state index in [0.29, 0.717) is 15.4 Å². The lowest BCUT2D eigenvalue weighted by Crippen LogP contribution is -2.23. The van der Waals surface area contributed by atoms with Crippen LogP contribution in [0.25, 0.3) is 21.3 Å². The molecule has 0 saturated heterocycles. The van der Waals surface area contributed by atoms with Crippen LogP contribution in [-0.2, 0) is 6.54 Å². The van der Waals surface area contributed by atoms with E-state index in [-0.39, 0.29) is 34.9 Å². The van der Waals surface area contributed by atoms with Crippen molar-refractivity contribution in [2.45, 2.75) is 11.7 Å². The second-order valence-electron chi connectivity index (χ2n) is 6.81. The monoisotopic (exact) mass is 463 g/mol. The van der Waals surface area contributed by atoms with Crippen molar-refractivity contribution in [2.75, 3.05) is 5.75 Å². The van der Waals surface area contributed by atoms with Crippen LogP contribution < -0.4 is 5.56 Å². The topological polar surface area (TPSA) is 95.1 Å². The molecule has 0 saturated carbocycles. The van der Waals surface area contributed by atoms with E-state index in [2.05, 4.69) is 11.6 Å². The van der Waals surface area contributed by atoms with Crippen LogP contribution in [0.15, 0.2) is 82.6 Å². The summed E-state index contributed by atoms with van der Waals surface area (Å²) >= 11 is 2.51. The van der Waals surface area contributed by atoms with Crippen molar-refractivity contribution in [3.8, 4) is 11.1 Å². The van der Waals surface area contributed by atoms with Gasteiger partial charge in [-0.1, -0.05) is 60.3 Å². The molecule has 0 N–H and O–H groups in total. The molecule has 0 aliphatic heterocycles. The highest BCUT2D eigenvalue weighted by Crippen LogP contribution is 2.32. The Morgan fingerprint density at radius 1 is 1.22 bits per heavy atom. The van der Waals surface area contributed by atoms with Gasteiger partial charge in [0.15, 0.2) is 10.9 Å². The number of carbonyl (C=O) groups excluding carboxylic acids is 1. The number of nitro benzene ring substituents is 1. The summed E-state index contributed by atoms with van der Waals surface area (Å²) in [6, 6.07) is 15.2. The predicted octanol–water partition coefficient (Wildman–Crippen LogP) is 5.19. The molecule has 9 heteroatoms. The highest BCUT2D eigenvalue weighted by Gasteiger charge is 2.18. The second-order valence-corrected chi connectivity index (χ2v) is 8.61. The number of rotatable bonds is 8. The van der Waals surface area contributed by atoms with Crippen molar-refractivity contribution in [1.82, 2.24) is 9.55 Å². The molecule has 160 valence electrons. The average Bonchev–Trinajstić information content (AvgIpc) is 3.24. The van der Waals surface area contributed by atoms with Crippen LogP contribution in [0.4, 0.5) is 5.69 Å². The zero-order valence-electron chi connectivity index (χ0n) is 16.8. The Kier molecular flexibility index (Phi) is 6.29. The molecule has 2 aromatic heterocycles. The lowest BCUT2D eigenvalue weighted by atomic mass is 10.1. The second kappa shape index (κ2) is 9.29. The number of aromatic nitrogens is 2. The van der Waals surface area contributed by atoms with Crippen molar-refractivity contribution in [3.63, 3.8) is 0 Å². The predicted molar refractivity (Wildman–Crippen MR) is 128 cm³/mol. The number of carbonyl (C=O) groups is 1.